The maximum absolute atomic E-state index is 13.9. The second kappa shape index (κ2) is 13.2. The first kappa shape index (κ1) is 28.8. The normalized spacial score (nSPS) is 16.6. The predicted molar refractivity (Wildman–Crippen MR) is 153 cm³/mol. The zero-order valence-electron chi connectivity index (χ0n) is 23.4. The Bertz CT molecular complexity index is 1260. The average Bonchev–Trinajstić information content (AvgIpc) is 3.43. The molecule has 40 heavy (non-hydrogen) atoms. The first-order valence-corrected chi connectivity index (χ1v) is 13.8. The average molecular weight is 543 g/mol. The second-order valence-corrected chi connectivity index (χ2v) is 11.1. The Balaban J connectivity index is 1.52. The quantitative estimate of drug-likeness (QED) is 0.411. The highest BCUT2D eigenvalue weighted by molar-refractivity contribution is 5.92. The van der Waals surface area contributed by atoms with Crippen molar-refractivity contribution in [1.82, 2.24) is 20.5 Å². The van der Waals surface area contributed by atoms with E-state index in [4.69, 9.17) is 4.74 Å². The van der Waals surface area contributed by atoms with Crippen LogP contribution in [0.15, 0.2) is 85.1 Å². The molecule has 210 valence electrons. The number of rotatable bonds is 9. The highest BCUT2D eigenvalue weighted by atomic mass is 16.6. The molecule has 3 atom stereocenters. The van der Waals surface area contributed by atoms with Crippen molar-refractivity contribution >= 4 is 17.9 Å². The zero-order chi connectivity index (χ0) is 28.5. The van der Waals surface area contributed by atoms with Gasteiger partial charge in [0.05, 0.1) is 6.04 Å². The number of aromatic nitrogens is 1. The van der Waals surface area contributed by atoms with Crippen molar-refractivity contribution in [2.75, 3.05) is 6.54 Å². The van der Waals surface area contributed by atoms with Crippen LogP contribution in [-0.4, -0.2) is 52.0 Å². The molecular formula is C32H38N4O4. The van der Waals surface area contributed by atoms with Gasteiger partial charge in [0.1, 0.15) is 17.7 Å². The van der Waals surface area contributed by atoms with E-state index in [1.54, 1.807) is 31.9 Å². The van der Waals surface area contributed by atoms with E-state index in [9.17, 15) is 14.4 Å². The molecule has 1 saturated heterocycles. The minimum atomic E-state index is -0.871. The fourth-order valence-corrected chi connectivity index (χ4v) is 4.94. The summed E-state index contributed by atoms with van der Waals surface area (Å²) in [5, 5.41) is 5.95. The molecule has 0 spiro atoms. The minimum Gasteiger partial charge on any atom is -0.444 e. The van der Waals surface area contributed by atoms with Crippen LogP contribution in [0.5, 0.6) is 0 Å². The van der Waals surface area contributed by atoms with Crippen molar-refractivity contribution in [2.45, 2.75) is 70.2 Å². The lowest BCUT2D eigenvalue weighted by molar-refractivity contribution is -0.140. The third-order valence-corrected chi connectivity index (χ3v) is 6.77. The van der Waals surface area contributed by atoms with Crippen molar-refractivity contribution in [1.29, 1.82) is 0 Å². The number of carbonyl (C=O) groups is 3. The van der Waals surface area contributed by atoms with Gasteiger partial charge in [0.25, 0.3) is 0 Å². The van der Waals surface area contributed by atoms with Gasteiger partial charge in [-0.15, -0.1) is 0 Å². The van der Waals surface area contributed by atoms with Crippen LogP contribution in [0, 0.1) is 0 Å². The van der Waals surface area contributed by atoms with Gasteiger partial charge in [-0.2, -0.15) is 0 Å². The lowest BCUT2D eigenvalue weighted by Gasteiger charge is -2.30. The van der Waals surface area contributed by atoms with E-state index in [-0.39, 0.29) is 24.3 Å². The van der Waals surface area contributed by atoms with Gasteiger partial charge in [-0.1, -0.05) is 66.7 Å². The molecule has 4 rings (SSSR count). The van der Waals surface area contributed by atoms with E-state index < -0.39 is 23.8 Å². The minimum absolute atomic E-state index is 0.216. The van der Waals surface area contributed by atoms with Crippen LogP contribution < -0.4 is 10.6 Å². The molecule has 8 nitrogen and oxygen atoms in total. The molecule has 0 radical (unpaired) electrons. The molecule has 1 fully saturated rings. The molecule has 2 unspecified atom stereocenters. The Kier molecular flexibility index (Phi) is 9.53. The molecular weight excluding hydrogens is 504 g/mol. The molecule has 2 heterocycles. The Morgan fingerprint density at radius 2 is 1.60 bits per heavy atom. The summed E-state index contributed by atoms with van der Waals surface area (Å²) in [4.78, 5) is 46.3. The summed E-state index contributed by atoms with van der Waals surface area (Å²) in [5.74, 6) is -0.514. The number of amides is 3. The Morgan fingerprint density at radius 1 is 0.925 bits per heavy atom. The van der Waals surface area contributed by atoms with E-state index in [2.05, 4.69) is 15.6 Å². The van der Waals surface area contributed by atoms with Crippen LogP contribution in [0.3, 0.4) is 0 Å². The fourth-order valence-electron chi connectivity index (χ4n) is 4.94. The topological polar surface area (TPSA) is 101 Å². The molecule has 1 aromatic heterocycles. The third kappa shape index (κ3) is 8.15. The lowest BCUT2D eigenvalue weighted by atomic mass is 10.0. The molecule has 1 aliphatic rings. The van der Waals surface area contributed by atoms with Gasteiger partial charge in [-0.3, -0.25) is 14.6 Å². The largest absolute Gasteiger partial charge is 0.444 e. The van der Waals surface area contributed by atoms with E-state index >= 15 is 0 Å². The molecule has 0 bridgehead atoms. The number of likely N-dealkylation sites (tertiary alicyclic amines) is 1. The molecule has 8 heteroatoms. The molecule has 3 aromatic rings. The first-order valence-electron chi connectivity index (χ1n) is 13.8. The number of benzene rings is 2. The van der Waals surface area contributed by atoms with Crippen molar-refractivity contribution in [3.8, 4) is 0 Å². The summed E-state index contributed by atoms with van der Waals surface area (Å²) in [7, 11) is 0. The first-order chi connectivity index (χ1) is 19.2. The standard InChI is InChI=1S/C32H38N4O4/c1-32(2,3)40-31(39)35-27(21-23-13-6-4-7-14-23)30(38)36-20-12-18-28(36)29(37)34-26(24-15-8-5-9-16-24)22-25-17-10-11-19-33-25/h4-11,13-17,19,26-28H,12,18,20-22H2,1-3H3,(H,34,37)(H,35,39)/t26?,27?,28-/m0/s1. The van der Waals surface area contributed by atoms with E-state index in [1.807, 2.05) is 78.9 Å². The molecule has 2 aromatic carbocycles. The van der Waals surface area contributed by atoms with Crippen LogP contribution >= 0.6 is 0 Å². The summed E-state index contributed by atoms with van der Waals surface area (Å²) in [6.07, 6.45) is 3.13. The number of nitrogens with one attached hydrogen (secondary N) is 2. The number of ether oxygens (including phenoxy) is 1. The van der Waals surface area contributed by atoms with Crippen LogP contribution in [-0.2, 0) is 27.2 Å². The lowest BCUT2D eigenvalue weighted by Crippen LogP contribution is -2.55. The van der Waals surface area contributed by atoms with Gasteiger partial charge >= 0.3 is 6.09 Å². The van der Waals surface area contributed by atoms with Gasteiger partial charge in [0.15, 0.2) is 0 Å². The van der Waals surface area contributed by atoms with Crippen LogP contribution in [0.4, 0.5) is 4.79 Å². The number of hydrogen-bond donors (Lipinski definition) is 2. The predicted octanol–water partition coefficient (Wildman–Crippen LogP) is 4.61. The fraction of sp³-hybridized carbons (Fsp3) is 0.375. The monoisotopic (exact) mass is 542 g/mol. The van der Waals surface area contributed by atoms with Crippen LogP contribution in [0.25, 0.3) is 0 Å². The highest BCUT2D eigenvalue weighted by Crippen LogP contribution is 2.23. The van der Waals surface area contributed by atoms with Gasteiger partial charge in [-0.25, -0.2) is 4.79 Å². The Hall–Kier alpha value is -4.20. The number of hydrogen-bond acceptors (Lipinski definition) is 5. The van der Waals surface area contributed by atoms with Crippen molar-refractivity contribution in [3.63, 3.8) is 0 Å². The smallest absolute Gasteiger partial charge is 0.408 e. The summed E-state index contributed by atoms with van der Waals surface area (Å²) >= 11 is 0. The number of nitrogens with zero attached hydrogens (tertiary/aromatic N) is 2. The van der Waals surface area contributed by atoms with Gasteiger partial charge < -0.3 is 20.3 Å². The third-order valence-electron chi connectivity index (χ3n) is 6.77. The Morgan fingerprint density at radius 3 is 2.25 bits per heavy atom. The summed E-state index contributed by atoms with van der Waals surface area (Å²) in [5.41, 5.74) is 2.02. The molecule has 0 saturated carbocycles. The van der Waals surface area contributed by atoms with Crippen molar-refractivity contribution in [2.24, 2.45) is 0 Å². The SMILES string of the molecule is CC(C)(C)OC(=O)NC(Cc1ccccc1)C(=O)N1CCC[C@H]1C(=O)NC(Cc1ccccn1)c1ccccc1. The van der Waals surface area contributed by atoms with E-state index in [0.717, 1.165) is 16.8 Å². The molecule has 0 aliphatic carbocycles. The molecule has 2 N–H and O–H groups in total. The molecule has 3 amide bonds. The Labute approximate surface area is 236 Å². The maximum Gasteiger partial charge on any atom is 0.408 e. The summed E-state index contributed by atoms with van der Waals surface area (Å²) in [6, 6.07) is 23.2. The van der Waals surface area contributed by atoms with E-state index in [0.29, 0.717) is 25.8 Å². The van der Waals surface area contributed by atoms with Gasteiger partial charge in [0.2, 0.25) is 11.8 Å². The van der Waals surface area contributed by atoms with Crippen molar-refractivity contribution < 1.29 is 19.1 Å². The second-order valence-electron chi connectivity index (χ2n) is 11.1. The van der Waals surface area contributed by atoms with Gasteiger partial charge in [-0.05, 0) is 56.9 Å². The van der Waals surface area contributed by atoms with Crippen LogP contribution in [0.1, 0.15) is 56.5 Å². The summed E-state index contributed by atoms with van der Waals surface area (Å²) < 4.78 is 5.45. The van der Waals surface area contributed by atoms with Gasteiger partial charge in [0, 0.05) is 31.3 Å². The number of alkyl carbamates (subject to hydrolysis) is 1. The van der Waals surface area contributed by atoms with Crippen LogP contribution in [0.2, 0.25) is 0 Å². The van der Waals surface area contributed by atoms with E-state index in [1.165, 1.54) is 0 Å². The maximum atomic E-state index is 13.9. The molecule has 1 aliphatic heterocycles. The number of pyridine rings is 1. The highest BCUT2D eigenvalue weighted by Gasteiger charge is 2.39. The zero-order valence-corrected chi connectivity index (χ0v) is 23.4. The number of carbonyl (C=O) groups excluding carboxylic acids is 3. The summed E-state index contributed by atoms with van der Waals surface area (Å²) in [6.45, 7) is 5.76. The van der Waals surface area contributed by atoms with Crippen molar-refractivity contribution in [3.05, 3.63) is 102 Å².